The summed E-state index contributed by atoms with van der Waals surface area (Å²) in [6.45, 7) is 1.54. The van der Waals surface area contributed by atoms with Gasteiger partial charge in [-0.25, -0.2) is 13.2 Å². The standard InChI is InChI=1S/C15H13BrF3N/c1-8-2-5-12(18)14(15(8)19)13(20)7-9-6-10(17)3-4-11(9)16/h2-6,13H,7,20H2,1H3. The minimum absolute atomic E-state index is 0.135. The zero-order valence-corrected chi connectivity index (χ0v) is 12.3. The summed E-state index contributed by atoms with van der Waals surface area (Å²) in [4.78, 5) is 0. The molecular formula is C15H13BrF3N. The maximum atomic E-state index is 14.0. The Morgan fingerprint density at radius 1 is 1.15 bits per heavy atom. The molecule has 1 unspecified atom stereocenters. The lowest BCUT2D eigenvalue weighted by molar-refractivity contribution is 0.519. The van der Waals surface area contributed by atoms with Crippen LogP contribution in [0.1, 0.15) is 22.7 Å². The van der Waals surface area contributed by atoms with Crippen LogP contribution in [0.2, 0.25) is 0 Å². The number of nitrogens with two attached hydrogens (primary N) is 1. The first-order chi connectivity index (χ1) is 9.40. The van der Waals surface area contributed by atoms with Gasteiger partial charge in [-0.2, -0.15) is 0 Å². The van der Waals surface area contributed by atoms with E-state index in [1.165, 1.54) is 24.3 Å². The van der Waals surface area contributed by atoms with Gasteiger partial charge in [0.25, 0.3) is 0 Å². The zero-order chi connectivity index (χ0) is 14.9. The Balaban J connectivity index is 2.35. The van der Waals surface area contributed by atoms with Gasteiger partial charge in [-0.1, -0.05) is 22.0 Å². The van der Waals surface area contributed by atoms with Crippen LogP contribution in [-0.4, -0.2) is 0 Å². The molecule has 2 aromatic rings. The van der Waals surface area contributed by atoms with E-state index in [9.17, 15) is 13.2 Å². The summed E-state index contributed by atoms with van der Waals surface area (Å²) in [5.74, 6) is -1.75. The molecule has 2 aromatic carbocycles. The fourth-order valence-corrected chi connectivity index (χ4v) is 2.47. The molecule has 0 saturated carbocycles. The van der Waals surface area contributed by atoms with Gasteiger partial charge in [-0.15, -0.1) is 0 Å². The lowest BCUT2D eigenvalue weighted by Crippen LogP contribution is -2.18. The molecule has 1 nitrogen and oxygen atoms in total. The van der Waals surface area contributed by atoms with Crippen molar-refractivity contribution in [3.8, 4) is 0 Å². The molecule has 0 radical (unpaired) electrons. The van der Waals surface area contributed by atoms with Gasteiger partial charge in [0.15, 0.2) is 0 Å². The van der Waals surface area contributed by atoms with Crippen molar-refractivity contribution >= 4 is 15.9 Å². The molecule has 0 bridgehead atoms. The minimum Gasteiger partial charge on any atom is -0.323 e. The third-order valence-electron chi connectivity index (χ3n) is 3.14. The summed E-state index contributed by atoms with van der Waals surface area (Å²) < 4.78 is 41.6. The summed E-state index contributed by atoms with van der Waals surface area (Å²) in [7, 11) is 0. The number of benzene rings is 2. The average molecular weight is 344 g/mol. The van der Waals surface area contributed by atoms with Gasteiger partial charge in [-0.3, -0.25) is 0 Å². The normalized spacial score (nSPS) is 12.5. The predicted octanol–water partition coefficient (Wildman–Crippen LogP) is 4.42. The molecule has 0 saturated heterocycles. The molecule has 0 fully saturated rings. The quantitative estimate of drug-likeness (QED) is 0.877. The Bertz CT molecular complexity index is 643. The number of rotatable bonds is 3. The monoisotopic (exact) mass is 343 g/mol. The van der Waals surface area contributed by atoms with Gasteiger partial charge in [0, 0.05) is 16.1 Å². The fraction of sp³-hybridized carbons (Fsp3) is 0.200. The number of aryl methyl sites for hydroxylation is 1. The van der Waals surface area contributed by atoms with E-state index < -0.39 is 23.5 Å². The third kappa shape index (κ3) is 3.04. The van der Waals surface area contributed by atoms with Crippen molar-refractivity contribution < 1.29 is 13.2 Å². The zero-order valence-electron chi connectivity index (χ0n) is 10.8. The van der Waals surface area contributed by atoms with Gasteiger partial charge in [0.05, 0.1) is 0 Å². The summed E-state index contributed by atoms with van der Waals surface area (Å²) in [5, 5.41) is 0. The smallest absolute Gasteiger partial charge is 0.133 e. The van der Waals surface area contributed by atoms with Gasteiger partial charge in [0.2, 0.25) is 0 Å². The summed E-state index contributed by atoms with van der Waals surface area (Å²) in [6.07, 6.45) is 0.135. The first-order valence-corrected chi connectivity index (χ1v) is 6.83. The van der Waals surface area contributed by atoms with Crippen molar-refractivity contribution in [1.82, 2.24) is 0 Å². The van der Waals surface area contributed by atoms with Crippen LogP contribution in [0.15, 0.2) is 34.8 Å². The van der Waals surface area contributed by atoms with Crippen molar-refractivity contribution in [3.63, 3.8) is 0 Å². The third-order valence-corrected chi connectivity index (χ3v) is 3.91. The molecular weight excluding hydrogens is 331 g/mol. The summed E-state index contributed by atoms with van der Waals surface area (Å²) in [5.41, 5.74) is 6.62. The molecule has 0 aliphatic carbocycles. The maximum Gasteiger partial charge on any atom is 0.133 e. The van der Waals surface area contributed by atoms with Gasteiger partial charge in [0.1, 0.15) is 17.5 Å². The van der Waals surface area contributed by atoms with Gasteiger partial charge < -0.3 is 5.73 Å². The Kier molecular flexibility index (Phi) is 4.50. The molecule has 5 heteroatoms. The van der Waals surface area contributed by atoms with Crippen LogP contribution < -0.4 is 5.73 Å². The fourth-order valence-electron chi connectivity index (χ4n) is 2.06. The molecule has 106 valence electrons. The predicted molar refractivity (Wildman–Crippen MR) is 75.8 cm³/mol. The molecule has 2 N–H and O–H groups in total. The topological polar surface area (TPSA) is 26.0 Å². The van der Waals surface area contributed by atoms with Crippen molar-refractivity contribution in [1.29, 1.82) is 0 Å². The minimum atomic E-state index is -0.881. The van der Waals surface area contributed by atoms with E-state index >= 15 is 0 Å². The Morgan fingerprint density at radius 2 is 1.85 bits per heavy atom. The number of hydrogen-bond donors (Lipinski definition) is 1. The van der Waals surface area contributed by atoms with E-state index in [2.05, 4.69) is 15.9 Å². The molecule has 1 atom stereocenters. The van der Waals surface area contributed by atoms with E-state index in [-0.39, 0.29) is 12.0 Å². The first-order valence-electron chi connectivity index (χ1n) is 6.04. The highest BCUT2D eigenvalue weighted by molar-refractivity contribution is 9.10. The molecule has 0 spiro atoms. The van der Waals surface area contributed by atoms with Crippen LogP contribution in [0, 0.1) is 24.4 Å². The van der Waals surface area contributed by atoms with Crippen molar-refractivity contribution in [2.24, 2.45) is 5.73 Å². The SMILES string of the molecule is Cc1ccc(F)c(C(N)Cc2cc(F)ccc2Br)c1F. The number of hydrogen-bond acceptors (Lipinski definition) is 1. The second-order valence-electron chi connectivity index (χ2n) is 4.64. The van der Waals surface area contributed by atoms with Crippen molar-refractivity contribution in [2.45, 2.75) is 19.4 Å². The first kappa shape index (κ1) is 15.1. The Morgan fingerprint density at radius 3 is 2.55 bits per heavy atom. The molecule has 0 amide bonds. The Labute approximate surface area is 123 Å². The highest BCUT2D eigenvalue weighted by Crippen LogP contribution is 2.27. The molecule has 0 heterocycles. The van der Waals surface area contributed by atoms with Gasteiger partial charge in [-0.05, 0) is 48.7 Å². The Hall–Kier alpha value is -1.33. The maximum absolute atomic E-state index is 14.0. The largest absolute Gasteiger partial charge is 0.323 e. The number of halogens is 4. The van der Waals surface area contributed by atoms with E-state index in [0.717, 1.165) is 0 Å². The van der Waals surface area contributed by atoms with E-state index in [4.69, 9.17) is 5.73 Å². The van der Waals surface area contributed by atoms with E-state index in [0.29, 0.717) is 15.6 Å². The van der Waals surface area contributed by atoms with Crippen LogP contribution in [0.5, 0.6) is 0 Å². The second kappa shape index (κ2) is 5.97. The summed E-state index contributed by atoms with van der Waals surface area (Å²) >= 11 is 3.27. The lowest BCUT2D eigenvalue weighted by Gasteiger charge is -2.16. The summed E-state index contributed by atoms with van der Waals surface area (Å²) in [6, 6.07) is 5.81. The van der Waals surface area contributed by atoms with Crippen molar-refractivity contribution in [2.75, 3.05) is 0 Å². The highest BCUT2D eigenvalue weighted by atomic mass is 79.9. The van der Waals surface area contributed by atoms with Crippen LogP contribution >= 0.6 is 15.9 Å². The van der Waals surface area contributed by atoms with E-state index in [1.54, 1.807) is 13.0 Å². The van der Waals surface area contributed by atoms with E-state index in [1.807, 2.05) is 0 Å². The van der Waals surface area contributed by atoms with Crippen LogP contribution in [0.3, 0.4) is 0 Å². The van der Waals surface area contributed by atoms with Crippen molar-refractivity contribution in [3.05, 3.63) is 68.9 Å². The van der Waals surface area contributed by atoms with Gasteiger partial charge >= 0.3 is 0 Å². The molecule has 20 heavy (non-hydrogen) atoms. The van der Waals surface area contributed by atoms with Crippen LogP contribution in [0.4, 0.5) is 13.2 Å². The molecule has 0 aliphatic heterocycles. The lowest BCUT2D eigenvalue weighted by atomic mass is 9.97. The molecule has 0 aromatic heterocycles. The van der Waals surface area contributed by atoms with Crippen LogP contribution in [-0.2, 0) is 6.42 Å². The highest BCUT2D eigenvalue weighted by Gasteiger charge is 2.19. The molecule has 0 aliphatic rings. The second-order valence-corrected chi connectivity index (χ2v) is 5.49. The van der Waals surface area contributed by atoms with Crippen LogP contribution in [0.25, 0.3) is 0 Å². The molecule has 2 rings (SSSR count). The average Bonchev–Trinajstić information content (AvgIpc) is 2.39.